The molecule has 1 aliphatic heterocycles. The van der Waals surface area contributed by atoms with Crippen LogP contribution in [-0.2, 0) is 4.74 Å². The quantitative estimate of drug-likeness (QED) is 0.690. The van der Waals surface area contributed by atoms with E-state index in [1.807, 2.05) is 0 Å². The van der Waals surface area contributed by atoms with Crippen LogP contribution in [0.1, 0.15) is 12.8 Å². The third kappa shape index (κ3) is 3.18. The molecule has 1 saturated heterocycles. The van der Waals surface area contributed by atoms with Crippen molar-refractivity contribution in [2.45, 2.75) is 18.4 Å². The topological polar surface area (TPSA) is 93.3 Å². The van der Waals surface area contributed by atoms with Gasteiger partial charge < -0.3 is 20.9 Å². The molecule has 0 aromatic carbocycles. The molecule has 0 radical (unpaired) electrons. The summed E-state index contributed by atoms with van der Waals surface area (Å²) in [5.74, 6) is 0.449. The van der Waals surface area contributed by atoms with Crippen molar-refractivity contribution in [2.75, 3.05) is 30.8 Å². The Hall–Kier alpha value is -1.11. The number of nitrogens with two attached hydrogens (primary N) is 1. The van der Waals surface area contributed by atoms with Crippen LogP contribution in [0.4, 0.5) is 11.5 Å². The summed E-state index contributed by atoms with van der Waals surface area (Å²) in [6.45, 7) is 1.50. The van der Waals surface area contributed by atoms with E-state index in [-0.39, 0.29) is 5.28 Å². The predicted molar refractivity (Wildman–Crippen MR) is 64.9 cm³/mol. The molecule has 94 valence electrons. The second-order valence-electron chi connectivity index (χ2n) is 4.13. The second kappa shape index (κ2) is 5.03. The summed E-state index contributed by atoms with van der Waals surface area (Å²) in [5.41, 5.74) is 5.33. The van der Waals surface area contributed by atoms with Crippen molar-refractivity contribution in [3.05, 3.63) is 11.5 Å². The summed E-state index contributed by atoms with van der Waals surface area (Å²) < 4.78 is 5.20. The molecule has 1 aromatic rings. The molecule has 4 N–H and O–H groups in total. The number of rotatable bonds is 3. The average molecular weight is 259 g/mol. The lowest BCUT2D eigenvalue weighted by Crippen LogP contribution is -2.42. The summed E-state index contributed by atoms with van der Waals surface area (Å²) in [6, 6.07) is 0. The highest BCUT2D eigenvalue weighted by atomic mass is 35.5. The Kier molecular flexibility index (Phi) is 3.66. The van der Waals surface area contributed by atoms with E-state index >= 15 is 0 Å². The van der Waals surface area contributed by atoms with Crippen molar-refractivity contribution in [1.29, 1.82) is 0 Å². The molecule has 0 bridgehead atoms. The third-order valence-corrected chi connectivity index (χ3v) is 2.98. The molecule has 2 rings (SSSR count). The zero-order chi connectivity index (χ0) is 12.3. The maximum absolute atomic E-state index is 10.2. The first kappa shape index (κ1) is 12.3. The minimum Gasteiger partial charge on any atom is -0.394 e. The molecule has 0 aliphatic carbocycles. The van der Waals surface area contributed by atoms with Crippen molar-refractivity contribution in [3.8, 4) is 0 Å². The Morgan fingerprint density at radius 1 is 1.53 bits per heavy atom. The van der Waals surface area contributed by atoms with Crippen LogP contribution in [0.3, 0.4) is 0 Å². The van der Waals surface area contributed by atoms with Crippen LogP contribution in [0.2, 0.25) is 5.28 Å². The van der Waals surface area contributed by atoms with E-state index in [0.29, 0.717) is 44.1 Å². The number of anilines is 2. The van der Waals surface area contributed by atoms with Gasteiger partial charge in [0.05, 0.1) is 17.5 Å². The van der Waals surface area contributed by atoms with Crippen LogP contribution in [0, 0.1) is 0 Å². The van der Waals surface area contributed by atoms with Gasteiger partial charge in [-0.25, -0.2) is 4.98 Å². The maximum atomic E-state index is 10.2. The first-order valence-corrected chi connectivity index (χ1v) is 5.79. The number of nitrogens with one attached hydrogen (secondary N) is 1. The highest BCUT2D eigenvalue weighted by Gasteiger charge is 2.29. The Balaban J connectivity index is 1.99. The van der Waals surface area contributed by atoms with E-state index in [0.717, 1.165) is 0 Å². The van der Waals surface area contributed by atoms with E-state index in [1.54, 1.807) is 0 Å². The molecule has 0 amide bonds. The number of nitrogen functional groups attached to an aromatic ring is 1. The van der Waals surface area contributed by atoms with E-state index in [1.165, 1.54) is 6.20 Å². The number of halogens is 1. The average Bonchev–Trinajstić information content (AvgIpc) is 2.31. The lowest BCUT2D eigenvalue weighted by atomic mass is 9.94. The van der Waals surface area contributed by atoms with Gasteiger partial charge in [0.15, 0.2) is 5.82 Å². The molecule has 1 fully saturated rings. The lowest BCUT2D eigenvalue weighted by Gasteiger charge is -2.32. The molecule has 0 unspecified atom stereocenters. The summed E-state index contributed by atoms with van der Waals surface area (Å²) in [6.07, 6.45) is 2.63. The number of aromatic nitrogens is 2. The molecule has 6 nitrogen and oxygen atoms in total. The molecule has 0 saturated carbocycles. The van der Waals surface area contributed by atoms with Crippen LogP contribution in [0.15, 0.2) is 6.20 Å². The number of hydrogen-bond donors (Lipinski definition) is 3. The van der Waals surface area contributed by atoms with Gasteiger partial charge in [0.1, 0.15) is 0 Å². The highest BCUT2D eigenvalue weighted by Crippen LogP contribution is 2.22. The number of ether oxygens (including phenoxy) is 1. The minimum atomic E-state index is -0.776. The second-order valence-corrected chi connectivity index (χ2v) is 4.47. The van der Waals surface area contributed by atoms with E-state index in [9.17, 15) is 5.11 Å². The first-order chi connectivity index (χ1) is 8.09. The van der Waals surface area contributed by atoms with Gasteiger partial charge in [-0.2, -0.15) is 4.98 Å². The van der Waals surface area contributed by atoms with E-state index < -0.39 is 5.60 Å². The summed E-state index contributed by atoms with van der Waals surface area (Å²) in [4.78, 5) is 7.72. The zero-order valence-electron chi connectivity index (χ0n) is 9.32. The molecule has 1 aliphatic rings. The van der Waals surface area contributed by atoms with Gasteiger partial charge in [0.25, 0.3) is 0 Å². The van der Waals surface area contributed by atoms with Crippen LogP contribution in [0.5, 0.6) is 0 Å². The van der Waals surface area contributed by atoms with Crippen molar-refractivity contribution in [3.63, 3.8) is 0 Å². The van der Waals surface area contributed by atoms with Gasteiger partial charge in [-0.15, -0.1) is 0 Å². The summed E-state index contributed by atoms with van der Waals surface area (Å²) >= 11 is 5.67. The maximum Gasteiger partial charge on any atom is 0.224 e. The minimum absolute atomic E-state index is 0.126. The Labute approximate surface area is 104 Å². The molecule has 0 atom stereocenters. The molecular formula is C10H15ClN4O2. The van der Waals surface area contributed by atoms with Gasteiger partial charge in [-0.1, -0.05) is 0 Å². The van der Waals surface area contributed by atoms with E-state index in [2.05, 4.69) is 15.3 Å². The van der Waals surface area contributed by atoms with Crippen molar-refractivity contribution >= 4 is 23.1 Å². The molecule has 17 heavy (non-hydrogen) atoms. The van der Waals surface area contributed by atoms with Gasteiger partial charge in [0.2, 0.25) is 5.28 Å². The Morgan fingerprint density at radius 3 is 2.94 bits per heavy atom. The number of aliphatic hydroxyl groups is 1. The largest absolute Gasteiger partial charge is 0.394 e. The molecule has 1 aromatic heterocycles. The van der Waals surface area contributed by atoms with Gasteiger partial charge in [-0.3, -0.25) is 0 Å². The van der Waals surface area contributed by atoms with Gasteiger partial charge >= 0.3 is 0 Å². The number of hydrogen-bond acceptors (Lipinski definition) is 6. The SMILES string of the molecule is Nc1cnc(Cl)nc1NCC1(O)CCOCC1. The smallest absolute Gasteiger partial charge is 0.224 e. The lowest BCUT2D eigenvalue weighted by molar-refractivity contribution is -0.0543. The fourth-order valence-electron chi connectivity index (χ4n) is 1.69. The standard InChI is InChI=1S/C10H15ClN4O2/c11-9-13-5-7(12)8(15-9)14-6-10(16)1-3-17-4-2-10/h5,16H,1-4,6,12H2,(H,13,14,15). The van der Waals surface area contributed by atoms with Crippen LogP contribution in [0.25, 0.3) is 0 Å². The monoisotopic (exact) mass is 258 g/mol. The van der Waals surface area contributed by atoms with Crippen LogP contribution in [-0.4, -0.2) is 40.4 Å². The fraction of sp³-hybridized carbons (Fsp3) is 0.600. The van der Waals surface area contributed by atoms with Crippen LogP contribution >= 0.6 is 11.6 Å². The fourth-order valence-corrected chi connectivity index (χ4v) is 1.82. The molecular weight excluding hydrogens is 244 g/mol. The third-order valence-electron chi connectivity index (χ3n) is 2.80. The molecule has 7 heteroatoms. The normalized spacial score (nSPS) is 18.9. The molecule has 0 spiro atoms. The van der Waals surface area contributed by atoms with Crippen molar-refractivity contribution < 1.29 is 9.84 Å². The van der Waals surface area contributed by atoms with E-state index in [4.69, 9.17) is 22.1 Å². The first-order valence-electron chi connectivity index (χ1n) is 5.41. The Morgan fingerprint density at radius 2 is 2.24 bits per heavy atom. The highest BCUT2D eigenvalue weighted by molar-refractivity contribution is 6.28. The van der Waals surface area contributed by atoms with Crippen molar-refractivity contribution in [1.82, 2.24) is 9.97 Å². The predicted octanol–water partition coefficient (Wildman–Crippen LogP) is 0.666. The van der Waals surface area contributed by atoms with Crippen molar-refractivity contribution in [2.24, 2.45) is 0 Å². The summed E-state index contributed by atoms with van der Waals surface area (Å²) in [7, 11) is 0. The zero-order valence-corrected chi connectivity index (χ0v) is 10.1. The van der Waals surface area contributed by atoms with Crippen LogP contribution < -0.4 is 11.1 Å². The summed E-state index contributed by atoms with van der Waals surface area (Å²) in [5, 5.41) is 13.4. The van der Waals surface area contributed by atoms with Gasteiger partial charge in [-0.05, 0) is 11.6 Å². The molecule has 2 heterocycles. The van der Waals surface area contributed by atoms with Gasteiger partial charge in [0, 0.05) is 32.6 Å². The number of nitrogens with zero attached hydrogens (tertiary/aromatic N) is 2. The Bertz CT molecular complexity index is 396.